The van der Waals surface area contributed by atoms with E-state index in [1.807, 2.05) is 0 Å². The zero-order valence-electron chi connectivity index (χ0n) is 13.0. The van der Waals surface area contributed by atoms with Gasteiger partial charge in [-0.1, -0.05) is 0 Å². The molecule has 0 unspecified atom stereocenters. The third-order valence-electron chi connectivity index (χ3n) is 3.89. The number of amides is 1. The van der Waals surface area contributed by atoms with Gasteiger partial charge in [0.25, 0.3) is 5.91 Å². The van der Waals surface area contributed by atoms with Crippen LogP contribution in [0.25, 0.3) is 0 Å². The van der Waals surface area contributed by atoms with Crippen molar-refractivity contribution < 1.29 is 32.5 Å². The fourth-order valence-electron chi connectivity index (χ4n) is 2.58. The van der Waals surface area contributed by atoms with E-state index in [1.165, 1.54) is 12.1 Å². The Hall–Kier alpha value is -1.80. The SMILES string of the molecule is O=C(NCC[C@@H](O)C1CCOCC1)c1ccc(OC(F)(F)F)cc1. The summed E-state index contributed by atoms with van der Waals surface area (Å²) in [6.45, 7) is 1.57. The van der Waals surface area contributed by atoms with E-state index < -0.39 is 18.4 Å². The minimum atomic E-state index is -4.76. The van der Waals surface area contributed by atoms with Crippen LogP contribution in [0, 0.1) is 5.92 Å². The summed E-state index contributed by atoms with van der Waals surface area (Å²) in [5.41, 5.74) is 0.227. The number of hydrogen-bond donors (Lipinski definition) is 2. The molecule has 1 fully saturated rings. The highest BCUT2D eigenvalue weighted by atomic mass is 19.4. The summed E-state index contributed by atoms with van der Waals surface area (Å²) in [5, 5.41) is 12.7. The van der Waals surface area contributed by atoms with Crippen molar-refractivity contribution in [3.63, 3.8) is 0 Å². The molecule has 0 bridgehead atoms. The zero-order valence-corrected chi connectivity index (χ0v) is 13.0. The predicted molar refractivity (Wildman–Crippen MR) is 79.6 cm³/mol. The van der Waals surface area contributed by atoms with E-state index in [9.17, 15) is 23.1 Å². The smallest absolute Gasteiger partial charge is 0.406 e. The van der Waals surface area contributed by atoms with Crippen molar-refractivity contribution >= 4 is 5.91 Å². The second-order valence-corrected chi connectivity index (χ2v) is 5.63. The van der Waals surface area contributed by atoms with E-state index in [1.54, 1.807) is 0 Å². The number of halogens is 3. The van der Waals surface area contributed by atoms with Gasteiger partial charge in [-0.3, -0.25) is 4.79 Å². The summed E-state index contributed by atoms with van der Waals surface area (Å²) >= 11 is 0. The molecule has 1 aromatic rings. The van der Waals surface area contributed by atoms with Crippen molar-refractivity contribution in [1.29, 1.82) is 0 Å². The first kappa shape index (κ1) is 18.5. The van der Waals surface area contributed by atoms with Crippen molar-refractivity contribution in [2.75, 3.05) is 19.8 Å². The number of ether oxygens (including phenoxy) is 2. The van der Waals surface area contributed by atoms with Crippen LogP contribution in [-0.4, -0.2) is 43.2 Å². The van der Waals surface area contributed by atoms with Gasteiger partial charge in [-0.15, -0.1) is 13.2 Å². The molecule has 0 aromatic heterocycles. The molecule has 1 atom stereocenters. The van der Waals surface area contributed by atoms with Gasteiger partial charge in [-0.05, 0) is 49.4 Å². The molecule has 0 radical (unpaired) electrons. The molecule has 0 saturated carbocycles. The standard InChI is InChI=1S/C16H20F3NO4/c17-16(18,19)24-13-3-1-12(2-4-13)15(22)20-8-5-14(21)11-6-9-23-10-7-11/h1-4,11,14,21H,5-10H2,(H,20,22)/t14-/m1/s1. The zero-order chi connectivity index (χ0) is 17.6. The quantitative estimate of drug-likeness (QED) is 0.830. The summed E-state index contributed by atoms with van der Waals surface area (Å²) in [5.74, 6) is -0.615. The lowest BCUT2D eigenvalue weighted by molar-refractivity contribution is -0.274. The minimum Gasteiger partial charge on any atom is -0.406 e. The molecular weight excluding hydrogens is 327 g/mol. The largest absolute Gasteiger partial charge is 0.573 e. The number of benzene rings is 1. The van der Waals surface area contributed by atoms with Gasteiger partial charge in [0.1, 0.15) is 5.75 Å². The average Bonchev–Trinajstić information content (AvgIpc) is 2.54. The normalized spacial score (nSPS) is 17.3. The summed E-state index contributed by atoms with van der Waals surface area (Å²) < 4.78 is 45.2. The molecule has 1 aliphatic rings. The van der Waals surface area contributed by atoms with Crippen LogP contribution >= 0.6 is 0 Å². The third-order valence-corrected chi connectivity index (χ3v) is 3.89. The van der Waals surface area contributed by atoms with Crippen LogP contribution in [0.1, 0.15) is 29.6 Å². The Bertz CT molecular complexity index is 527. The molecule has 1 aliphatic heterocycles. The van der Waals surface area contributed by atoms with Crippen LogP contribution in [0.15, 0.2) is 24.3 Å². The number of rotatable bonds is 6. The van der Waals surface area contributed by atoms with Gasteiger partial charge < -0.3 is 19.9 Å². The first-order valence-corrected chi connectivity index (χ1v) is 7.75. The fourth-order valence-corrected chi connectivity index (χ4v) is 2.58. The molecule has 8 heteroatoms. The van der Waals surface area contributed by atoms with Crippen molar-refractivity contribution in [2.24, 2.45) is 5.92 Å². The average molecular weight is 347 g/mol. The lowest BCUT2D eigenvalue weighted by Gasteiger charge is -2.26. The lowest BCUT2D eigenvalue weighted by atomic mass is 9.92. The van der Waals surface area contributed by atoms with Gasteiger partial charge in [0, 0.05) is 25.3 Å². The van der Waals surface area contributed by atoms with Gasteiger partial charge in [0.05, 0.1) is 6.10 Å². The van der Waals surface area contributed by atoms with Crippen molar-refractivity contribution in [1.82, 2.24) is 5.32 Å². The number of nitrogens with one attached hydrogen (secondary N) is 1. The Morgan fingerprint density at radius 1 is 1.29 bits per heavy atom. The van der Waals surface area contributed by atoms with E-state index in [0.717, 1.165) is 25.0 Å². The van der Waals surface area contributed by atoms with E-state index in [-0.39, 0.29) is 23.8 Å². The maximum absolute atomic E-state index is 12.1. The molecular formula is C16H20F3NO4. The van der Waals surface area contributed by atoms with Gasteiger partial charge in [0.15, 0.2) is 0 Å². The van der Waals surface area contributed by atoms with Crippen LogP contribution < -0.4 is 10.1 Å². The first-order chi connectivity index (χ1) is 11.3. The number of carbonyl (C=O) groups excluding carboxylic acids is 1. The maximum atomic E-state index is 12.1. The molecule has 2 N–H and O–H groups in total. The first-order valence-electron chi connectivity index (χ1n) is 7.75. The summed E-state index contributed by atoms with van der Waals surface area (Å²) in [6, 6.07) is 4.68. The number of hydrogen-bond acceptors (Lipinski definition) is 4. The van der Waals surface area contributed by atoms with E-state index >= 15 is 0 Å². The third kappa shape index (κ3) is 6.01. The topological polar surface area (TPSA) is 67.8 Å². The molecule has 24 heavy (non-hydrogen) atoms. The number of carbonyl (C=O) groups is 1. The Balaban J connectivity index is 1.75. The minimum absolute atomic E-state index is 0.175. The second-order valence-electron chi connectivity index (χ2n) is 5.63. The van der Waals surface area contributed by atoms with Crippen LogP contribution in [-0.2, 0) is 4.74 Å². The van der Waals surface area contributed by atoms with Gasteiger partial charge in [-0.25, -0.2) is 0 Å². The molecule has 134 valence electrons. The van der Waals surface area contributed by atoms with Gasteiger partial charge in [-0.2, -0.15) is 0 Å². The van der Waals surface area contributed by atoms with Crippen LogP contribution in [0.2, 0.25) is 0 Å². The molecule has 1 aromatic carbocycles. The molecule has 1 heterocycles. The molecule has 5 nitrogen and oxygen atoms in total. The summed E-state index contributed by atoms with van der Waals surface area (Å²) in [7, 11) is 0. The summed E-state index contributed by atoms with van der Waals surface area (Å²) in [4.78, 5) is 11.9. The highest BCUT2D eigenvalue weighted by Gasteiger charge is 2.31. The highest BCUT2D eigenvalue weighted by molar-refractivity contribution is 5.94. The van der Waals surface area contributed by atoms with E-state index in [4.69, 9.17) is 4.74 Å². The number of alkyl halides is 3. The Morgan fingerprint density at radius 3 is 2.50 bits per heavy atom. The fraction of sp³-hybridized carbons (Fsp3) is 0.562. The number of aliphatic hydroxyl groups is 1. The molecule has 2 rings (SSSR count). The Kier molecular flexibility index (Phi) is 6.44. The predicted octanol–water partition coefficient (Wildman–Crippen LogP) is 2.49. The van der Waals surface area contributed by atoms with Crippen molar-refractivity contribution in [3.05, 3.63) is 29.8 Å². The van der Waals surface area contributed by atoms with Crippen LogP contribution in [0.5, 0.6) is 5.75 Å². The maximum Gasteiger partial charge on any atom is 0.573 e. The Morgan fingerprint density at radius 2 is 1.92 bits per heavy atom. The monoisotopic (exact) mass is 347 g/mol. The van der Waals surface area contributed by atoms with Crippen molar-refractivity contribution in [3.8, 4) is 5.75 Å². The van der Waals surface area contributed by atoms with Crippen LogP contribution in [0.3, 0.4) is 0 Å². The molecule has 0 spiro atoms. The van der Waals surface area contributed by atoms with E-state index in [2.05, 4.69) is 10.1 Å². The molecule has 1 amide bonds. The molecule has 1 saturated heterocycles. The Labute approximate surface area is 137 Å². The lowest BCUT2D eigenvalue weighted by Crippen LogP contribution is -2.32. The van der Waals surface area contributed by atoms with Crippen LogP contribution in [0.4, 0.5) is 13.2 Å². The highest BCUT2D eigenvalue weighted by Crippen LogP contribution is 2.23. The number of aliphatic hydroxyl groups excluding tert-OH is 1. The second kappa shape index (κ2) is 8.34. The van der Waals surface area contributed by atoms with Gasteiger partial charge in [0.2, 0.25) is 0 Å². The van der Waals surface area contributed by atoms with Crippen molar-refractivity contribution in [2.45, 2.75) is 31.7 Å². The summed E-state index contributed by atoms with van der Waals surface area (Å²) in [6.07, 6.45) is -3.24. The van der Waals surface area contributed by atoms with Gasteiger partial charge >= 0.3 is 6.36 Å². The molecule has 0 aliphatic carbocycles. The van der Waals surface area contributed by atoms with E-state index in [0.29, 0.717) is 19.6 Å².